The van der Waals surface area contributed by atoms with Gasteiger partial charge in [0, 0.05) is 48.9 Å². The third-order valence-corrected chi connectivity index (χ3v) is 6.20. The fourth-order valence-electron chi connectivity index (χ4n) is 4.17. The van der Waals surface area contributed by atoms with Gasteiger partial charge in [0.05, 0.1) is 5.56 Å². The van der Waals surface area contributed by atoms with Crippen LogP contribution in [0.25, 0.3) is 0 Å². The van der Waals surface area contributed by atoms with Gasteiger partial charge in [-0.1, -0.05) is 6.07 Å². The predicted molar refractivity (Wildman–Crippen MR) is 96.0 cm³/mol. The van der Waals surface area contributed by atoms with Crippen LogP contribution in [0.4, 0.5) is 0 Å². The highest BCUT2D eigenvalue weighted by Gasteiger charge is 2.42. The van der Waals surface area contributed by atoms with E-state index in [1.807, 2.05) is 23.5 Å². The Morgan fingerprint density at radius 2 is 2.17 bits per heavy atom. The molecule has 2 aliphatic heterocycles. The Hall–Kier alpha value is -1.72. The molecular formula is C19H23N3OS. The van der Waals surface area contributed by atoms with Crippen LogP contribution in [0, 0.1) is 5.41 Å². The van der Waals surface area contributed by atoms with Gasteiger partial charge < -0.3 is 4.90 Å². The summed E-state index contributed by atoms with van der Waals surface area (Å²) in [7, 11) is 0. The Balaban J connectivity index is 1.42. The number of hydrogen-bond acceptors (Lipinski definition) is 4. The van der Waals surface area contributed by atoms with Gasteiger partial charge in [-0.3, -0.25) is 14.7 Å². The molecule has 2 aliphatic rings. The van der Waals surface area contributed by atoms with Crippen LogP contribution in [0.15, 0.2) is 42.0 Å². The van der Waals surface area contributed by atoms with Crippen molar-refractivity contribution >= 4 is 17.2 Å². The smallest absolute Gasteiger partial charge is 0.255 e. The first-order valence-electron chi connectivity index (χ1n) is 8.68. The zero-order valence-electron chi connectivity index (χ0n) is 13.9. The van der Waals surface area contributed by atoms with E-state index in [4.69, 9.17) is 0 Å². The number of carbonyl (C=O) groups is 1. The van der Waals surface area contributed by atoms with Crippen molar-refractivity contribution in [3.05, 3.63) is 52.5 Å². The van der Waals surface area contributed by atoms with Crippen molar-refractivity contribution < 1.29 is 4.79 Å². The summed E-state index contributed by atoms with van der Waals surface area (Å²) in [6.07, 6.45) is 6.95. The molecule has 0 bridgehead atoms. The molecule has 126 valence electrons. The molecule has 0 aliphatic carbocycles. The van der Waals surface area contributed by atoms with Crippen molar-refractivity contribution in [2.45, 2.75) is 25.8 Å². The molecule has 4 nitrogen and oxygen atoms in total. The van der Waals surface area contributed by atoms with Gasteiger partial charge in [0.15, 0.2) is 0 Å². The van der Waals surface area contributed by atoms with E-state index in [1.54, 1.807) is 12.4 Å². The number of amides is 1. The fraction of sp³-hybridized carbons (Fsp3) is 0.474. The van der Waals surface area contributed by atoms with Crippen LogP contribution >= 0.6 is 11.3 Å². The highest BCUT2D eigenvalue weighted by atomic mass is 32.1. The van der Waals surface area contributed by atoms with E-state index in [0.29, 0.717) is 5.56 Å². The molecule has 0 N–H and O–H groups in total. The van der Waals surface area contributed by atoms with Gasteiger partial charge in [0.2, 0.25) is 0 Å². The van der Waals surface area contributed by atoms with E-state index < -0.39 is 0 Å². The summed E-state index contributed by atoms with van der Waals surface area (Å²) < 4.78 is 0. The number of piperidine rings is 1. The normalized spacial score (nSPS) is 24.6. The van der Waals surface area contributed by atoms with Crippen LogP contribution < -0.4 is 0 Å². The van der Waals surface area contributed by atoms with Gasteiger partial charge in [-0.15, -0.1) is 11.3 Å². The number of likely N-dealkylation sites (tertiary alicyclic amines) is 2. The maximum atomic E-state index is 12.8. The number of thiophene rings is 1. The molecule has 2 fully saturated rings. The first-order valence-corrected chi connectivity index (χ1v) is 9.56. The molecule has 2 aromatic rings. The second-order valence-corrected chi connectivity index (χ2v) is 8.14. The Bertz CT molecular complexity index is 688. The molecular weight excluding hydrogens is 318 g/mol. The van der Waals surface area contributed by atoms with E-state index >= 15 is 0 Å². The molecule has 5 heteroatoms. The second kappa shape index (κ2) is 6.65. The molecule has 2 saturated heterocycles. The van der Waals surface area contributed by atoms with Gasteiger partial charge >= 0.3 is 0 Å². The van der Waals surface area contributed by atoms with Crippen molar-refractivity contribution in [1.82, 2.24) is 14.8 Å². The maximum Gasteiger partial charge on any atom is 0.255 e. The molecule has 24 heavy (non-hydrogen) atoms. The molecule has 4 heterocycles. The second-order valence-electron chi connectivity index (χ2n) is 7.11. The molecule has 0 aromatic carbocycles. The van der Waals surface area contributed by atoms with E-state index in [9.17, 15) is 4.79 Å². The fourth-order valence-corrected chi connectivity index (χ4v) is 4.92. The third kappa shape index (κ3) is 3.23. The van der Waals surface area contributed by atoms with Crippen LogP contribution in [-0.4, -0.2) is 46.9 Å². The number of aromatic nitrogens is 1. The first kappa shape index (κ1) is 15.8. The standard InChI is InChI=1S/C19H23N3OS/c23-18(16-4-1-8-20-12-16)22-9-3-6-19(15-22)7-10-21(14-19)13-17-5-2-11-24-17/h1-2,4-5,8,11-12H,3,6-7,9-10,13-15H2/t19-/m1/s1. The zero-order chi connectivity index (χ0) is 16.4. The molecule has 1 atom stereocenters. The summed E-state index contributed by atoms with van der Waals surface area (Å²) in [4.78, 5) is 22.9. The summed E-state index contributed by atoms with van der Waals surface area (Å²) >= 11 is 1.83. The van der Waals surface area contributed by atoms with Gasteiger partial charge in [-0.2, -0.15) is 0 Å². The monoisotopic (exact) mass is 341 g/mol. The van der Waals surface area contributed by atoms with Crippen molar-refractivity contribution in [3.8, 4) is 0 Å². The highest BCUT2D eigenvalue weighted by Crippen LogP contribution is 2.40. The molecule has 2 aromatic heterocycles. The average Bonchev–Trinajstić information content (AvgIpc) is 3.26. The lowest BCUT2D eigenvalue weighted by Crippen LogP contribution is -2.47. The van der Waals surface area contributed by atoms with Crippen LogP contribution in [0.3, 0.4) is 0 Å². The van der Waals surface area contributed by atoms with Gasteiger partial charge in [-0.25, -0.2) is 0 Å². The quantitative estimate of drug-likeness (QED) is 0.860. The number of pyridine rings is 1. The van der Waals surface area contributed by atoms with Crippen molar-refractivity contribution in [2.24, 2.45) is 5.41 Å². The van der Waals surface area contributed by atoms with Crippen LogP contribution in [0.5, 0.6) is 0 Å². The van der Waals surface area contributed by atoms with E-state index in [0.717, 1.165) is 39.1 Å². The van der Waals surface area contributed by atoms with Crippen molar-refractivity contribution in [1.29, 1.82) is 0 Å². The Labute approximate surface area is 147 Å². The summed E-state index contributed by atoms with van der Waals surface area (Å²) in [5.41, 5.74) is 0.996. The molecule has 0 saturated carbocycles. The maximum absolute atomic E-state index is 12.8. The number of rotatable bonds is 3. The Kier molecular flexibility index (Phi) is 4.37. The molecule has 0 unspecified atom stereocenters. The van der Waals surface area contributed by atoms with E-state index in [-0.39, 0.29) is 11.3 Å². The van der Waals surface area contributed by atoms with E-state index in [2.05, 4.69) is 32.3 Å². The predicted octanol–water partition coefficient (Wildman–Crippen LogP) is 3.27. The molecule has 0 radical (unpaired) electrons. The van der Waals surface area contributed by atoms with Crippen molar-refractivity contribution in [2.75, 3.05) is 26.2 Å². The lowest BCUT2D eigenvalue weighted by molar-refractivity contribution is 0.0526. The summed E-state index contributed by atoms with van der Waals surface area (Å²) in [6, 6.07) is 8.05. The van der Waals surface area contributed by atoms with Crippen LogP contribution in [-0.2, 0) is 6.54 Å². The largest absolute Gasteiger partial charge is 0.338 e. The minimum atomic E-state index is 0.138. The van der Waals surface area contributed by atoms with Crippen LogP contribution in [0.2, 0.25) is 0 Å². The first-order chi connectivity index (χ1) is 11.7. The Morgan fingerprint density at radius 1 is 1.21 bits per heavy atom. The Morgan fingerprint density at radius 3 is 2.96 bits per heavy atom. The third-order valence-electron chi connectivity index (χ3n) is 5.33. The summed E-state index contributed by atoms with van der Waals surface area (Å²) in [6.45, 7) is 5.08. The SMILES string of the molecule is O=C(c1cccnc1)N1CCC[C@]2(CCN(Cc3cccs3)C2)C1. The minimum absolute atomic E-state index is 0.138. The lowest BCUT2D eigenvalue weighted by Gasteiger charge is -2.40. The van der Waals surface area contributed by atoms with Crippen LogP contribution in [0.1, 0.15) is 34.5 Å². The molecule has 1 amide bonds. The number of nitrogens with zero attached hydrogens (tertiary/aromatic N) is 3. The zero-order valence-corrected chi connectivity index (χ0v) is 14.7. The molecule has 1 spiro atoms. The summed E-state index contributed by atoms with van der Waals surface area (Å²) in [5, 5.41) is 2.15. The van der Waals surface area contributed by atoms with E-state index in [1.165, 1.54) is 17.7 Å². The minimum Gasteiger partial charge on any atom is -0.338 e. The lowest BCUT2D eigenvalue weighted by atomic mass is 9.79. The van der Waals surface area contributed by atoms with Gasteiger partial charge in [0.25, 0.3) is 5.91 Å². The highest BCUT2D eigenvalue weighted by molar-refractivity contribution is 7.09. The van der Waals surface area contributed by atoms with Crippen molar-refractivity contribution in [3.63, 3.8) is 0 Å². The number of carbonyl (C=O) groups excluding carboxylic acids is 1. The van der Waals surface area contributed by atoms with Gasteiger partial charge in [-0.05, 0) is 49.4 Å². The summed E-state index contributed by atoms with van der Waals surface area (Å²) in [5.74, 6) is 0.138. The topological polar surface area (TPSA) is 36.4 Å². The molecule has 4 rings (SSSR count). The number of hydrogen-bond donors (Lipinski definition) is 0. The van der Waals surface area contributed by atoms with Gasteiger partial charge in [0.1, 0.15) is 0 Å². The average molecular weight is 341 g/mol.